The summed E-state index contributed by atoms with van der Waals surface area (Å²) in [6.07, 6.45) is -4.45. The van der Waals surface area contributed by atoms with E-state index < -0.39 is 11.9 Å². The Balaban J connectivity index is 1.85. The molecule has 0 amide bonds. The van der Waals surface area contributed by atoms with Crippen LogP contribution in [0, 0.1) is 0 Å². The van der Waals surface area contributed by atoms with Crippen molar-refractivity contribution in [2.75, 3.05) is 32.8 Å². The molecule has 1 aromatic carbocycles. The third kappa shape index (κ3) is 4.17. The monoisotopic (exact) mass is 403 g/mol. The average molecular weight is 404 g/mol. The molecular weight excluding hydrogens is 387 g/mol. The Morgan fingerprint density at radius 1 is 1.08 bits per heavy atom. The maximum absolute atomic E-state index is 13.0. The number of halogens is 4. The van der Waals surface area contributed by atoms with Crippen LogP contribution < -0.4 is 0 Å². The first-order valence-electron chi connectivity index (χ1n) is 7.64. The fourth-order valence-corrected chi connectivity index (χ4v) is 2.90. The molecule has 1 aliphatic heterocycles. The van der Waals surface area contributed by atoms with E-state index in [9.17, 15) is 13.2 Å². The second kappa shape index (κ2) is 7.25. The van der Waals surface area contributed by atoms with Gasteiger partial charge in [0.25, 0.3) is 0 Å². The van der Waals surface area contributed by atoms with Crippen LogP contribution in [0.3, 0.4) is 0 Å². The van der Waals surface area contributed by atoms with Crippen molar-refractivity contribution in [3.63, 3.8) is 0 Å². The minimum Gasteiger partial charge on any atom is -0.379 e. The number of hydrogen-bond acceptors (Lipinski definition) is 3. The standard InChI is InChI=1S/C16H17BrF3N3O/c17-13-3-1-12(2-4-13)14-11-15(16(18,19)20)21-23(14)6-5-22-7-9-24-10-8-22/h1-4,11H,5-10H2. The Hall–Kier alpha value is -1.38. The summed E-state index contributed by atoms with van der Waals surface area (Å²) in [7, 11) is 0. The topological polar surface area (TPSA) is 30.3 Å². The molecule has 8 heteroatoms. The van der Waals surface area contributed by atoms with Gasteiger partial charge < -0.3 is 4.74 Å². The molecule has 130 valence electrons. The summed E-state index contributed by atoms with van der Waals surface area (Å²) in [4.78, 5) is 2.17. The molecule has 1 fully saturated rings. The lowest BCUT2D eigenvalue weighted by molar-refractivity contribution is -0.141. The number of ether oxygens (including phenoxy) is 1. The Kier molecular flexibility index (Phi) is 5.27. The van der Waals surface area contributed by atoms with E-state index >= 15 is 0 Å². The van der Waals surface area contributed by atoms with Gasteiger partial charge in [0, 0.05) is 24.1 Å². The Labute approximate surface area is 146 Å². The van der Waals surface area contributed by atoms with Crippen LogP contribution in [0.1, 0.15) is 5.69 Å². The van der Waals surface area contributed by atoms with E-state index in [2.05, 4.69) is 25.9 Å². The molecule has 0 atom stereocenters. The number of rotatable bonds is 4. The van der Waals surface area contributed by atoms with Crippen molar-refractivity contribution in [2.45, 2.75) is 12.7 Å². The number of morpholine rings is 1. The van der Waals surface area contributed by atoms with Crippen LogP contribution in [-0.4, -0.2) is 47.5 Å². The predicted molar refractivity (Wildman–Crippen MR) is 87.6 cm³/mol. The first kappa shape index (κ1) is 17.4. The fourth-order valence-electron chi connectivity index (χ4n) is 2.64. The van der Waals surface area contributed by atoms with Crippen LogP contribution in [0.5, 0.6) is 0 Å². The highest BCUT2D eigenvalue weighted by atomic mass is 79.9. The van der Waals surface area contributed by atoms with Gasteiger partial charge in [-0.3, -0.25) is 9.58 Å². The first-order valence-corrected chi connectivity index (χ1v) is 8.44. The second-order valence-electron chi connectivity index (χ2n) is 5.60. The van der Waals surface area contributed by atoms with Crippen LogP contribution in [0.4, 0.5) is 13.2 Å². The summed E-state index contributed by atoms with van der Waals surface area (Å²) >= 11 is 3.34. The molecule has 2 heterocycles. The molecule has 0 radical (unpaired) electrons. The molecule has 4 nitrogen and oxygen atoms in total. The van der Waals surface area contributed by atoms with E-state index in [1.807, 2.05) is 12.1 Å². The number of hydrogen-bond donors (Lipinski definition) is 0. The predicted octanol–water partition coefficient (Wildman–Crippen LogP) is 3.66. The smallest absolute Gasteiger partial charge is 0.379 e. The van der Waals surface area contributed by atoms with E-state index in [1.165, 1.54) is 4.68 Å². The summed E-state index contributed by atoms with van der Waals surface area (Å²) in [5.41, 5.74) is 0.327. The number of alkyl halides is 3. The van der Waals surface area contributed by atoms with Gasteiger partial charge in [0.2, 0.25) is 0 Å². The minimum atomic E-state index is -4.45. The van der Waals surface area contributed by atoms with Crippen molar-refractivity contribution >= 4 is 15.9 Å². The molecule has 0 spiro atoms. The van der Waals surface area contributed by atoms with E-state index in [1.54, 1.807) is 12.1 Å². The molecule has 0 aliphatic carbocycles. The number of benzene rings is 1. The van der Waals surface area contributed by atoms with Crippen LogP contribution >= 0.6 is 15.9 Å². The van der Waals surface area contributed by atoms with Crippen molar-refractivity contribution < 1.29 is 17.9 Å². The van der Waals surface area contributed by atoms with Crippen molar-refractivity contribution in [3.05, 3.63) is 40.5 Å². The third-order valence-corrected chi connectivity index (χ3v) is 4.47. The zero-order chi connectivity index (χ0) is 17.2. The van der Waals surface area contributed by atoms with Crippen molar-refractivity contribution in [1.82, 2.24) is 14.7 Å². The van der Waals surface area contributed by atoms with E-state index in [0.29, 0.717) is 37.6 Å². The van der Waals surface area contributed by atoms with E-state index in [0.717, 1.165) is 23.6 Å². The highest BCUT2D eigenvalue weighted by molar-refractivity contribution is 9.10. The lowest BCUT2D eigenvalue weighted by atomic mass is 10.1. The molecule has 2 aromatic rings. The highest BCUT2D eigenvalue weighted by Gasteiger charge is 2.35. The number of aromatic nitrogens is 2. The molecule has 1 aromatic heterocycles. The Bertz CT molecular complexity index is 679. The fraction of sp³-hybridized carbons (Fsp3) is 0.438. The summed E-state index contributed by atoms with van der Waals surface area (Å²) in [6.45, 7) is 3.95. The first-order chi connectivity index (χ1) is 11.4. The highest BCUT2D eigenvalue weighted by Crippen LogP contribution is 2.32. The van der Waals surface area contributed by atoms with Gasteiger partial charge in [-0.2, -0.15) is 18.3 Å². The zero-order valence-corrected chi connectivity index (χ0v) is 14.5. The SMILES string of the molecule is FC(F)(F)c1cc(-c2ccc(Br)cc2)n(CCN2CCOCC2)n1. The lowest BCUT2D eigenvalue weighted by Gasteiger charge is -2.26. The van der Waals surface area contributed by atoms with Crippen molar-refractivity contribution in [1.29, 1.82) is 0 Å². The van der Waals surface area contributed by atoms with Gasteiger partial charge in [0.05, 0.1) is 25.5 Å². The van der Waals surface area contributed by atoms with Gasteiger partial charge in [-0.05, 0) is 23.8 Å². The van der Waals surface area contributed by atoms with E-state index in [4.69, 9.17) is 4.74 Å². The third-order valence-electron chi connectivity index (χ3n) is 3.94. The van der Waals surface area contributed by atoms with Gasteiger partial charge in [0.1, 0.15) is 0 Å². The minimum absolute atomic E-state index is 0.404. The Morgan fingerprint density at radius 3 is 2.38 bits per heavy atom. The van der Waals surface area contributed by atoms with Gasteiger partial charge >= 0.3 is 6.18 Å². The summed E-state index contributed by atoms with van der Waals surface area (Å²) in [5, 5.41) is 3.79. The molecule has 0 saturated carbocycles. The Morgan fingerprint density at radius 2 is 1.75 bits per heavy atom. The van der Waals surface area contributed by atoms with E-state index in [-0.39, 0.29) is 0 Å². The van der Waals surface area contributed by atoms with Crippen LogP contribution in [-0.2, 0) is 17.5 Å². The quantitative estimate of drug-likeness (QED) is 0.780. The summed E-state index contributed by atoms with van der Waals surface area (Å²) in [6, 6.07) is 8.30. The molecule has 0 unspecified atom stereocenters. The van der Waals surface area contributed by atoms with Gasteiger partial charge in [-0.15, -0.1) is 0 Å². The molecular formula is C16H17BrF3N3O. The molecule has 0 bridgehead atoms. The van der Waals surface area contributed by atoms with Gasteiger partial charge in [0.15, 0.2) is 5.69 Å². The maximum atomic E-state index is 13.0. The van der Waals surface area contributed by atoms with Crippen LogP contribution in [0.2, 0.25) is 0 Å². The van der Waals surface area contributed by atoms with Crippen molar-refractivity contribution in [3.8, 4) is 11.3 Å². The zero-order valence-electron chi connectivity index (χ0n) is 12.9. The maximum Gasteiger partial charge on any atom is 0.435 e. The molecule has 1 saturated heterocycles. The lowest BCUT2D eigenvalue weighted by Crippen LogP contribution is -2.38. The number of nitrogens with zero attached hydrogens (tertiary/aromatic N) is 3. The molecule has 0 N–H and O–H groups in total. The summed E-state index contributed by atoms with van der Waals surface area (Å²) < 4.78 is 46.7. The molecule has 3 rings (SSSR count). The molecule has 24 heavy (non-hydrogen) atoms. The summed E-state index contributed by atoms with van der Waals surface area (Å²) in [5.74, 6) is 0. The second-order valence-corrected chi connectivity index (χ2v) is 6.51. The average Bonchev–Trinajstić information content (AvgIpc) is 2.99. The largest absolute Gasteiger partial charge is 0.435 e. The molecule has 1 aliphatic rings. The van der Waals surface area contributed by atoms with Gasteiger partial charge in [-0.1, -0.05) is 28.1 Å². The van der Waals surface area contributed by atoms with Crippen molar-refractivity contribution in [2.24, 2.45) is 0 Å². The van der Waals surface area contributed by atoms with Crippen LogP contribution in [0.15, 0.2) is 34.8 Å². The van der Waals surface area contributed by atoms with Crippen LogP contribution in [0.25, 0.3) is 11.3 Å². The normalized spacial score (nSPS) is 16.5. The van der Waals surface area contributed by atoms with Gasteiger partial charge in [-0.25, -0.2) is 0 Å².